The van der Waals surface area contributed by atoms with Gasteiger partial charge in [0.15, 0.2) is 9.84 Å². The maximum atomic E-state index is 14.7. The van der Waals surface area contributed by atoms with Gasteiger partial charge in [-0.25, -0.2) is 12.8 Å². The number of benzene rings is 1. The number of hydrogen-bond donors (Lipinski definition) is 1. The molecule has 28 heavy (non-hydrogen) atoms. The molecule has 3 rings (SSSR count). The number of hydrogen-bond acceptors (Lipinski definition) is 6. The molecule has 0 amide bonds. The van der Waals surface area contributed by atoms with Crippen molar-refractivity contribution in [1.82, 2.24) is 4.98 Å². The van der Waals surface area contributed by atoms with E-state index < -0.39 is 25.9 Å². The van der Waals surface area contributed by atoms with Crippen molar-refractivity contribution in [3.8, 4) is 5.75 Å². The summed E-state index contributed by atoms with van der Waals surface area (Å²) in [5.41, 5.74) is 6.01. The number of para-hydroxylation sites is 1. The van der Waals surface area contributed by atoms with E-state index in [0.29, 0.717) is 17.9 Å². The van der Waals surface area contributed by atoms with Crippen LogP contribution in [0, 0.1) is 5.82 Å². The van der Waals surface area contributed by atoms with Gasteiger partial charge >= 0.3 is 0 Å². The van der Waals surface area contributed by atoms with Gasteiger partial charge in [0.1, 0.15) is 33.4 Å². The third-order valence-corrected chi connectivity index (χ3v) is 7.92. The fourth-order valence-electron chi connectivity index (χ4n) is 3.27. The van der Waals surface area contributed by atoms with Gasteiger partial charge in [-0.2, -0.15) is 0 Å². The predicted molar refractivity (Wildman–Crippen MR) is 107 cm³/mol. The van der Waals surface area contributed by atoms with Crippen LogP contribution in [0.25, 0.3) is 0 Å². The summed E-state index contributed by atoms with van der Waals surface area (Å²) in [5.74, 6) is -0.323. The summed E-state index contributed by atoms with van der Waals surface area (Å²) in [7, 11) is -2.07. The van der Waals surface area contributed by atoms with Crippen molar-refractivity contribution in [2.75, 3.05) is 12.9 Å². The number of nitrogens with zero attached hydrogens (tertiary/aromatic N) is 2. The van der Waals surface area contributed by atoms with Crippen molar-refractivity contribution in [3.05, 3.63) is 59.2 Å². The lowest BCUT2D eigenvalue weighted by Crippen LogP contribution is -2.55. The van der Waals surface area contributed by atoms with E-state index in [-0.39, 0.29) is 17.3 Å². The Balaban J connectivity index is 2.06. The van der Waals surface area contributed by atoms with Crippen molar-refractivity contribution < 1.29 is 17.5 Å². The molecule has 0 aliphatic carbocycles. The van der Waals surface area contributed by atoms with E-state index in [0.717, 1.165) is 5.56 Å². The van der Waals surface area contributed by atoms with Crippen LogP contribution in [0.15, 0.2) is 41.4 Å². The fraction of sp³-hybridized carbons (Fsp3) is 0.400. The summed E-state index contributed by atoms with van der Waals surface area (Å²) in [6.07, 6.45) is 0.408. The van der Waals surface area contributed by atoms with Crippen molar-refractivity contribution >= 4 is 15.7 Å². The molecule has 2 heterocycles. The third kappa shape index (κ3) is 3.37. The first kappa shape index (κ1) is 20.3. The van der Waals surface area contributed by atoms with Crippen LogP contribution in [0.1, 0.15) is 37.7 Å². The van der Waals surface area contributed by atoms with Crippen LogP contribution in [-0.2, 0) is 21.8 Å². The molecule has 1 aliphatic rings. The van der Waals surface area contributed by atoms with Crippen molar-refractivity contribution in [1.29, 1.82) is 0 Å². The normalized spacial score (nSPS) is 23.1. The molecular weight excluding hydrogens is 381 g/mol. The van der Waals surface area contributed by atoms with Crippen LogP contribution in [-0.4, -0.2) is 36.8 Å². The molecule has 0 radical (unpaired) electrons. The predicted octanol–water partition coefficient (Wildman–Crippen LogP) is 2.60. The van der Waals surface area contributed by atoms with Gasteiger partial charge in [-0.1, -0.05) is 18.2 Å². The standard InChI is InChI=1S/C20H24FN3O3S/c1-19(2)18(22)24-20(3,12-28(19,25)26)17-15(21)10-9-14(23-17)11-13-7-5-6-8-16(13)27-4/h5-10H,11-12H2,1-4H3,(H2,22,24)/t20-/m0/s1. The van der Waals surface area contributed by atoms with Crippen LogP contribution < -0.4 is 10.5 Å². The minimum absolute atomic E-state index is 0.0260. The zero-order valence-electron chi connectivity index (χ0n) is 16.4. The summed E-state index contributed by atoms with van der Waals surface area (Å²) in [6.45, 7) is 4.55. The molecule has 0 bridgehead atoms. The third-order valence-electron chi connectivity index (χ3n) is 5.21. The van der Waals surface area contributed by atoms with Gasteiger partial charge in [0.25, 0.3) is 0 Å². The number of rotatable bonds is 4. The molecular formula is C20H24FN3O3S. The van der Waals surface area contributed by atoms with Gasteiger partial charge in [0.2, 0.25) is 0 Å². The van der Waals surface area contributed by atoms with Gasteiger partial charge in [0, 0.05) is 17.7 Å². The van der Waals surface area contributed by atoms with Gasteiger partial charge in [-0.3, -0.25) is 9.98 Å². The van der Waals surface area contributed by atoms with Crippen LogP contribution in [0.5, 0.6) is 5.75 Å². The Morgan fingerprint density at radius 2 is 1.86 bits per heavy atom. The average molecular weight is 405 g/mol. The molecule has 150 valence electrons. The van der Waals surface area contributed by atoms with E-state index in [1.54, 1.807) is 20.1 Å². The highest BCUT2D eigenvalue weighted by Crippen LogP contribution is 2.37. The second-order valence-electron chi connectivity index (χ2n) is 7.66. The van der Waals surface area contributed by atoms with Crippen LogP contribution in [0.2, 0.25) is 0 Å². The van der Waals surface area contributed by atoms with E-state index in [2.05, 4.69) is 9.98 Å². The molecule has 0 unspecified atom stereocenters. The second-order valence-corrected chi connectivity index (χ2v) is 10.2. The summed E-state index contributed by atoms with van der Waals surface area (Å²) < 4.78 is 44.2. The van der Waals surface area contributed by atoms with Crippen molar-refractivity contribution in [3.63, 3.8) is 0 Å². The maximum absolute atomic E-state index is 14.7. The highest BCUT2D eigenvalue weighted by Gasteiger charge is 2.50. The lowest BCUT2D eigenvalue weighted by molar-refractivity contribution is 0.410. The number of aromatic nitrogens is 1. The molecule has 6 nitrogen and oxygen atoms in total. The lowest BCUT2D eigenvalue weighted by atomic mass is 9.97. The smallest absolute Gasteiger partial charge is 0.165 e. The first-order valence-electron chi connectivity index (χ1n) is 8.86. The number of methoxy groups -OCH3 is 1. The number of halogens is 1. The van der Waals surface area contributed by atoms with Crippen LogP contribution in [0.3, 0.4) is 0 Å². The minimum atomic E-state index is -3.65. The number of aliphatic imine (C=N–C) groups is 1. The van der Waals surface area contributed by atoms with Gasteiger partial charge in [0.05, 0.1) is 12.9 Å². The molecule has 8 heteroatoms. The SMILES string of the molecule is COc1ccccc1Cc1ccc(F)c([C@]2(C)CS(=O)(=O)C(C)(C)C(N)=N2)n1. The second kappa shape index (κ2) is 6.84. The van der Waals surface area contributed by atoms with Crippen molar-refractivity contribution in [2.24, 2.45) is 10.7 Å². The largest absolute Gasteiger partial charge is 0.496 e. The number of amidine groups is 1. The van der Waals surface area contributed by atoms with E-state index in [1.165, 1.54) is 19.9 Å². The molecule has 2 aromatic rings. The quantitative estimate of drug-likeness (QED) is 0.844. The van der Waals surface area contributed by atoms with E-state index >= 15 is 0 Å². The maximum Gasteiger partial charge on any atom is 0.165 e. The topological polar surface area (TPSA) is 94.6 Å². The van der Waals surface area contributed by atoms with Gasteiger partial charge in [-0.05, 0) is 39.0 Å². The Morgan fingerprint density at radius 1 is 1.18 bits per heavy atom. The molecule has 1 aromatic carbocycles. The summed E-state index contributed by atoms with van der Waals surface area (Å²) in [5, 5.41) is 0. The number of sulfone groups is 1. The van der Waals surface area contributed by atoms with Crippen LogP contribution >= 0.6 is 0 Å². The molecule has 0 saturated carbocycles. The minimum Gasteiger partial charge on any atom is -0.496 e. The Bertz CT molecular complexity index is 1050. The molecule has 0 saturated heterocycles. The molecule has 2 N–H and O–H groups in total. The average Bonchev–Trinajstić information content (AvgIpc) is 2.62. The molecule has 1 aliphatic heterocycles. The Kier molecular flexibility index (Phi) is 4.95. The summed E-state index contributed by atoms with van der Waals surface area (Å²) >= 11 is 0. The van der Waals surface area contributed by atoms with Gasteiger partial charge < -0.3 is 10.5 Å². The van der Waals surface area contributed by atoms with Gasteiger partial charge in [-0.15, -0.1) is 0 Å². The Labute approximate surface area is 164 Å². The summed E-state index contributed by atoms with van der Waals surface area (Å²) in [6, 6.07) is 10.3. The zero-order chi connectivity index (χ0) is 20.7. The number of pyridine rings is 1. The Hall–Kier alpha value is -2.48. The van der Waals surface area contributed by atoms with Crippen LogP contribution in [0.4, 0.5) is 4.39 Å². The first-order valence-corrected chi connectivity index (χ1v) is 10.5. The lowest BCUT2D eigenvalue weighted by Gasteiger charge is -2.37. The number of ether oxygens (including phenoxy) is 1. The highest BCUT2D eigenvalue weighted by atomic mass is 32.2. The molecule has 1 atom stereocenters. The zero-order valence-corrected chi connectivity index (χ0v) is 17.2. The molecule has 1 aromatic heterocycles. The number of nitrogens with two attached hydrogens (primary N) is 1. The van der Waals surface area contributed by atoms with E-state index in [9.17, 15) is 12.8 Å². The summed E-state index contributed by atoms with van der Waals surface area (Å²) in [4.78, 5) is 8.79. The monoisotopic (exact) mass is 405 g/mol. The van der Waals surface area contributed by atoms with E-state index in [1.807, 2.05) is 24.3 Å². The van der Waals surface area contributed by atoms with Crippen molar-refractivity contribution in [2.45, 2.75) is 37.5 Å². The molecule has 0 spiro atoms. The first-order chi connectivity index (χ1) is 13.0. The highest BCUT2D eigenvalue weighted by molar-refractivity contribution is 7.93. The Morgan fingerprint density at radius 3 is 2.50 bits per heavy atom. The van der Waals surface area contributed by atoms with E-state index in [4.69, 9.17) is 10.5 Å². The fourth-order valence-corrected chi connectivity index (χ4v) is 4.93. The molecule has 0 fully saturated rings.